The molecule has 0 aromatic heterocycles. The minimum Gasteiger partial charge on any atom is -0.508 e. The third-order valence-electron chi connectivity index (χ3n) is 2.87. The number of sulfonamides is 1. The summed E-state index contributed by atoms with van der Waals surface area (Å²) in [6.45, 7) is 0. The van der Waals surface area contributed by atoms with E-state index in [1.165, 1.54) is 31.3 Å². The molecule has 0 radical (unpaired) electrons. The van der Waals surface area contributed by atoms with Crippen molar-refractivity contribution in [2.75, 3.05) is 17.1 Å². The molecule has 0 saturated carbocycles. The van der Waals surface area contributed by atoms with E-state index in [0.29, 0.717) is 0 Å². The summed E-state index contributed by atoms with van der Waals surface area (Å²) in [5.74, 6) is -1.07. The van der Waals surface area contributed by atoms with Crippen LogP contribution in [0.3, 0.4) is 0 Å². The van der Waals surface area contributed by atoms with Gasteiger partial charge in [-0.2, -0.15) is 0 Å². The predicted octanol–water partition coefficient (Wildman–Crippen LogP) is 2.59. The maximum Gasteiger partial charge on any atom is 0.267 e. The van der Waals surface area contributed by atoms with Crippen LogP contribution in [-0.4, -0.2) is 20.6 Å². The number of phenolic OH excluding ortho intramolecular Hbond substituents is 1. The lowest BCUT2D eigenvalue weighted by Crippen LogP contribution is -2.27. The first-order chi connectivity index (χ1) is 9.73. The lowest BCUT2D eigenvalue weighted by molar-refractivity contribution is 0.475. The molecule has 21 heavy (non-hydrogen) atoms. The van der Waals surface area contributed by atoms with Crippen LogP contribution in [-0.2, 0) is 10.0 Å². The highest BCUT2D eigenvalue weighted by molar-refractivity contribution is 7.92. The number of nitrogens with zero attached hydrogens (tertiary/aromatic N) is 1. The average molecular weight is 331 g/mol. The summed E-state index contributed by atoms with van der Waals surface area (Å²) >= 11 is 5.63. The molecule has 3 N–H and O–H groups in total. The molecule has 5 nitrogen and oxygen atoms in total. The van der Waals surface area contributed by atoms with Crippen LogP contribution >= 0.6 is 11.6 Å². The summed E-state index contributed by atoms with van der Waals surface area (Å²) in [6, 6.07) is 7.56. The highest BCUT2D eigenvalue weighted by Crippen LogP contribution is 2.30. The minimum absolute atomic E-state index is 0.0114. The van der Waals surface area contributed by atoms with Gasteiger partial charge in [-0.1, -0.05) is 11.6 Å². The van der Waals surface area contributed by atoms with E-state index in [1.54, 1.807) is 0 Å². The topological polar surface area (TPSA) is 83.6 Å². The van der Waals surface area contributed by atoms with Gasteiger partial charge in [0, 0.05) is 12.7 Å². The third kappa shape index (κ3) is 2.88. The molecule has 8 heteroatoms. The normalized spacial score (nSPS) is 11.4. The lowest BCUT2D eigenvalue weighted by atomic mass is 10.3. The van der Waals surface area contributed by atoms with E-state index in [9.17, 15) is 17.9 Å². The highest BCUT2D eigenvalue weighted by Gasteiger charge is 2.27. The van der Waals surface area contributed by atoms with Gasteiger partial charge in [0.1, 0.15) is 10.6 Å². The van der Waals surface area contributed by atoms with Gasteiger partial charge in [0.2, 0.25) is 0 Å². The molecule has 2 rings (SSSR count). The maximum absolute atomic E-state index is 14.0. The molecule has 0 bridgehead atoms. The summed E-state index contributed by atoms with van der Waals surface area (Å²) in [5, 5.41) is 8.85. The van der Waals surface area contributed by atoms with E-state index in [-0.39, 0.29) is 22.1 Å². The minimum atomic E-state index is -4.17. The smallest absolute Gasteiger partial charge is 0.267 e. The number of halogens is 2. The van der Waals surface area contributed by atoms with E-state index < -0.39 is 20.7 Å². The highest BCUT2D eigenvalue weighted by atomic mass is 35.5. The van der Waals surface area contributed by atoms with Gasteiger partial charge >= 0.3 is 0 Å². The monoisotopic (exact) mass is 330 g/mol. The molecule has 0 atom stereocenters. The summed E-state index contributed by atoms with van der Waals surface area (Å²) in [5.41, 5.74) is 5.81. The molecule has 0 fully saturated rings. The molecule has 0 aliphatic heterocycles. The van der Waals surface area contributed by atoms with Crippen LogP contribution in [0.15, 0.2) is 41.3 Å². The first-order valence-electron chi connectivity index (χ1n) is 5.76. The Morgan fingerprint density at radius 2 is 1.81 bits per heavy atom. The number of rotatable bonds is 3. The Morgan fingerprint density at radius 1 is 1.24 bits per heavy atom. The summed E-state index contributed by atoms with van der Waals surface area (Å²) < 4.78 is 39.8. The van der Waals surface area contributed by atoms with Gasteiger partial charge in [0.05, 0.1) is 10.7 Å². The first-order valence-corrected chi connectivity index (χ1v) is 7.58. The number of nitrogens with two attached hydrogens (primary N) is 1. The fraction of sp³-hybridized carbons (Fsp3) is 0.0769. The SMILES string of the molecule is CN(c1ccc(O)cc1)S(=O)(=O)c1cc(N)cc(Cl)c1F. The Balaban J connectivity index is 2.54. The fourth-order valence-electron chi connectivity index (χ4n) is 1.72. The number of phenols is 1. The Hall–Kier alpha value is -1.99. The van der Waals surface area contributed by atoms with Crippen LogP contribution in [0, 0.1) is 5.82 Å². The number of hydrogen-bond donors (Lipinski definition) is 2. The molecule has 2 aromatic carbocycles. The number of hydrogen-bond acceptors (Lipinski definition) is 4. The number of anilines is 2. The Kier molecular flexibility index (Phi) is 3.97. The molecule has 0 saturated heterocycles. The zero-order chi connectivity index (χ0) is 15.8. The first kappa shape index (κ1) is 15.4. The lowest BCUT2D eigenvalue weighted by Gasteiger charge is -2.20. The summed E-state index contributed by atoms with van der Waals surface area (Å²) in [4.78, 5) is -0.608. The molecule has 0 spiro atoms. The van der Waals surface area contributed by atoms with E-state index >= 15 is 0 Å². The quantitative estimate of drug-likeness (QED) is 0.847. The predicted molar refractivity (Wildman–Crippen MR) is 79.5 cm³/mol. The molecule has 2 aromatic rings. The van der Waals surface area contributed by atoms with Crippen molar-refractivity contribution in [3.05, 3.63) is 47.2 Å². The second kappa shape index (κ2) is 5.42. The molecular formula is C13H12ClFN2O3S. The van der Waals surface area contributed by atoms with Crippen LogP contribution in [0.5, 0.6) is 5.75 Å². The second-order valence-corrected chi connectivity index (χ2v) is 6.65. The van der Waals surface area contributed by atoms with Crippen LogP contribution in [0.2, 0.25) is 5.02 Å². The summed E-state index contributed by atoms with van der Waals surface area (Å²) in [7, 11) is -2.91. The van der Waals surface area contributed by atoms with E-state index in [0.717, 1.165) is 16.4 Å². The van der Waals surface area contributed by atoms with Crippen LogP contribution in [0.1, 0.15) is 0 Å². The number of aromatic hydroxyl groups is 1. The molecule has 0 aliphatic rings. The second-order valence-electron chi connectivity index (χ2n) is 4.30. The molecule has 0 heterocycles. The largest absolute Gasteiger partial charge is 0.508 e. The van der Waals surface area contributed by atoms with Gasteiger partial charge in [-0.3, -0.25) is 4.31 Å². The zero-order valence-corrected chi connectivity index (χ0v) is 12.5. The fourth-order valence-corrected chi connectivity index (χ4v) is 3.32. The van der Waals surface area contributed by atoms with Gasteiger partial charge in [-0.25, -0.2) is 12.8 Å². The Labute approximate surface area is 126 Å². The van der Waals surface area contributed by atoms with Crippen LogP contribution in [0.25, 0.3) is 0 Å². The van der Waals surface area contributed by atoms with Crippen molar-refractivity contribution in [1.29, 1.82) is 0 Å². The van der Waals surface area contributed by atoms with Crippen molar-refractivity contribution in [1.82, 2.24) is 0 Å². The summed E-state index contributed by atoms with van der Waals surface area (Å²) in [6.07, 6.45) is 0. The van der Waals surface area contributed by atoms with Crippen molar-refractivity contribution in [3.8, 4) is 5.75 Å². The number of nitrogen functional groups attached to an aromatic ring is 1. The molecule has 112 valence electrons. The van der Waals surface area contributed by atoms with Crippen LogP contribution in [0.4, 0.5) is 15.8 Å². The maximum atomic E-state index is 14.0. The Morgan fingerprint density at radius 3 is 2.38 bits per heavy atom. The van der Waals surface area contributed by atoms with Crippen molar-refractivity contribution in [3.63, 3.8) is 0 Å². The van der Waals surface area contributed by atoms with Gasteiger partial charge in [-0.05, 0) is 36.4 Å². The standard InChI is InChI=1S/C13H12ClFN2O3S/c1-17(9-2-4-10(18)5-3-9)21(19,20)12-7-8(16)6-11(14)13(12)15/h2-7,18H,16H2,1H3. The Bertz CT molecular complexity index is 779. The molecular weight excluding hydrogens is 319 g/mol. The average Bonchev–Trinajstić information content (AvgIpc) is 2.42. The van der Waals surface area contributed by atoms with Crippen LogP contribution < -0.4 is 10.0 Å². The molecule has 0 aliphatic carbocycles. The van der Waals surface area contributed by atoms with Gasteiger partial charge in [0.25, 0.3) is 10.0 Å². The third-order valence-corrected chi connectivity index (χ3v) is 4.93. The van der Waals surface area contributed by atoms with E-state index in [2.05, 4.69) is 0 Å². The van der Waals surface area contributed by atoms with Crippen molar-refractivity contribution >= 4 is 33.0 Å². The molecule has 0 amide bonds. The van der Waals surface area contributed by atoms with Gasteiger partial charge in [-0.15, -0.1) is 0 Å². The van der Waals surface area contributed by atoms with Crippen molar-refractivity contribution in [2.24, 2.45) is 0 Å². The van der Waals surface area contributed by atoms with Gasteiger partial charge in [0.15, 0.2) is 5.82 Å². The van der Waals surface area contributed by atoms with E-state index in [4.69, 9.17) is 17.3 Å². The van der Waals surface area contributed by atoms with Crippen molar-refractivity contribution in [2.45, 2.75) is 4.90 Å². The number of benzene rings is 2. The zero-order valence-electron chi connectivity index (χ0n) is 10.9. The van der Waals surface area contributed by atoms with Crippen molar-refractivity contribution < 1.29 is 17.9 Å². The van der Waals surface area contributed by atoms with Gasteiger partial charge < -0.3 is 10.8 Å². The van der Waals surface area contributed by atoms with E-state index in [1.807, 2.05) is 0 Å². The molecule has 0 unspecified atom stereocenters.